The van der Waals surface area contributed by atoms with Crippen LogP contribution in [0.5, 0.6) is 0 Å². The molecule has 1 amide bonds. The van der Waals surface area contributed by atoms with E-state index in [2.05, 4.69) is 46.9 Å². The van der Waals surface area contributed by atoms with Crippen molar-refractivity contribution in [3.63, 3.8) is 0 Å². The van der Waals surface area contributed by atoms with Crippen molar-refractivity contribution in [3.8, 4) is 0 Å². The van der Waals surface area contributed by atoms with Crippen LogP contribution in [0.4, 0.5) is 5.69 Å². The fourth-order valence-electron chi connectivity index (χ4n) is 4.20. The Kier molecular flexibility index (Phi) is 4.11. The largest absolute Gasteiger partial charge is 0.325 e. The molecule has 2 fully saturated rings. The second-order valence-corrected chi connectivity index (χ2v) is 8.66. The van der Waals surface area contributed by atoms with Gasteiger partial charge in [-0.3, -0.25) is 9.69 Å². The van der Waals surface area contributed by atoms with Gasteiger partial charge in [-0.1, -0.05) is 36.7 Å². The van der Waals surface area contributed by atoms with Crippen molar-refractivity contribution < 1.29 is 4.79 Å². The number of fused-ring (bicyclic) bond motifs is 2. The molecule has 1 saturated carbocycles. The molecule has 1 aromatic rings. The second-order valence-electron chi connectivity index (χ2n) is 7.74. The molecule has 1 heterocycles. The number of nitrogens with zero attached hydrogens (tertiary/aromatic N) is 1. The Hall–Kier alpha value is -0.870. The molecule has 2 bridgehead atoms. The Bertz CT molecular complexity index is 569. The molecule has 1 aliphatic heterocycles. The number of carbonyl (C=O) groups excluding carboxylic acids is 1. The minimum absolute atomic E-state index is 0.0880. The van der Waals surface area contributed by atoms with Crippen LogP contribution < -0.4 is 5.32 Å². The molecule has 0 spiro atoms. The molecule has 4 heteroatoms. The van der Waals surface area contributed by atoms with E-state index >= 15 is 0 Å². The summed E-state index contributed by atoms with van der Waals surface area (Å²) in [6.07, 6.45) is 2.59. The van der Waals surface area contributed by atoms with Crippen LogP contribution >= 0.6 is 15.9 Å². The number of hydrogen-bond acceptors (Lipinski definition) is 2. The zero-order valence-electron chi connectivity index (χ0n) is 13.7. The van der Waals surface area contributed by atoms with Gasteiger partial charge in [-0.05, 0) is 53.9 Å². The monoisotopic (exact) mass is 364 g/mol. The molecule has 1 aromatic carbocycles. The van der Waals surface area contributed by atoms with Gasteiger partial charge in [0.25, 0.3) is 0 Å². The summed E-state index contributed by atoms with van der Waals surface area (Å²) in [6, 6.07) is 7.74. The number of piperidine rings is 1. The van der Waals surface area contributed by atoms with E-state index in [1.54, 1.807) is 0 Å². The number of hydrogen-bond donors (Lipinski definition) is 1. The molecule has 3 nitrogen and oxygen atoms in total. The molecule has 1 aliphatic carbocycles. The first-order valence-corrected chi connectivity index (χ1v) is 8.87. The van der Waals surface area contributed by atoms with Gasteiger partial charge >= 0.3 is 0 Å². The third-order valence-electron chi connectivity index (χ3n) is 6.17. The SMILES string of the molecule is CC12CCC(CN(CC(=O)Nc3ccc(Br)cc3)C1)C2(C)C. The van der Waals surface area contributed by atoms with Crippen molar-refractivity contribution in [1.82, 2.24) is 4.90 Å². The summed E-state index contributed by atoms with van der Waals surface area (Å²) in [6.45, 7) is 9.79. The van der Waals surface area contributed by atoms with E-state index in [9.17, 15) is 4.79 Å². The quantitative estimate of drug-likeness (QED) is 0.873. The van der Waals surface area contributed by atoms with Crippen LogP contribution in [0, 0.1) is 16.7 Å². The van der Waals surface area contributed by atoms with Crippen molar-refractivity contribution in [2.75, 3.05) is 25.0 Å². The molecule has 2 aliphatic rings. The van der Waals surface area contributed by atoms with Crippen LogP contribution in [-0.2, 0) is 4.79 Å². The maximum Gasteiger partial charge on any atom is 0.238 e. The zero-order chi connectivity index (χ0) is 16.0. The molecule has 3 rings (SSSR count). The minimum Gasteiger partial charge on any atom is -0.325 e. The highest BCUT2D eigenvalue weighted by atomic mass is 79.9. The van der Waals surface area contributed by atoms with Crippen LogP contribution in [0.2, 0.25) is 0 Å². The van der Waals surface area contributed by atoms with Gasteiger partial charge in [-0.2, -0.15) is 0 Å². The summed E-state index contributed by atoms with van der Waals surface area (Å²) in [5, 5.41) is 3.00. The number of halogens is 1. The molecule has 120 valence electrons. The lowest BCUT2D eigenvalue weighted by Gasteiger charge is -2.50. The van der Waals surface area contributed by atoms with E-state index in [0.717, 1.165) is 23.2 Å². The molecule has 2 unspecified atom stereocenters. The number of benzene rings is 1. The maximum absolute atomic E-state index is 12.3. The average molecular weight is 365 g/mol. The highest BCUT2D eigenvalue weighted by Crippen LogP contribution is 2.58. The van der Waals surface area contributed by atoms with E-state index in [0.29, 0.717) is 23.3 Å². The van der Waals surface area contributed by atoms with Crippen LogP contribution in [0.1, 0.15) is 33.6 Å². The van der Waals surface area contributed by atoms with Crippen molar-refractivity contribution in [2.45, 2.75) is 33.6 Å². The summed E-state index contributed by atoms with van der Waals surface area (Å²) in [5.41, 5.74) is 1.60. The van der Waals surface area contributed by atoms with E-state index in [1.807, 2.05) is 24.3 Å². The molecule has 0 radical (unpaired) electrons. The Morgan fingerprint density at radius 1 is 1.32 bits per heavy atom. The van der Waals surface area contributed by atoms with E-state index in [4.69, 9.17) is 0 Å². The Morgan fingerprint density at radius 2 is 2.00 bits per heavy atom. The van der Waals surface area contributed by atoms with Crippen LogP contribution in [0.15, 0.2) is 28.7 Å². The molecule has 1 N–H and O–H groups in total. The summed E-state index contributed by atoms with van der Waals surface area (Å²) in [7, 11) is 0. The predicted molar refractivity (Wildman–Crippen MR) is 93.8 cm³/mol. The first-order chi connectivity index (χ1) is 10.3. The summed E-state index contributed by atoms with van der Waals surface area (Å²) < 4.78 is 1.02. The molecular formula is C18H25BrN2O. The molecule has 2 atom stereocenters. The van der Waals surface area contributed by atoms with Gasteiger partial charge in [-0.15, -0.1) is 0 Å². The van der Waals surface area contributed by atoms with Crippen molar-refractivity contribution >= 4 is 27.5 Å². The zero-order valence-corrected chi connectivity index (χ0v) is 15.2. The Balaban J connectivity index is 1.60. The highest BCUT2D eigenvalue weighted by Gasteiger charge is 2.55. The second kappa shape index (κ2) is 5.64. The van der Waals surface area contributed by atoms with E-state index in [1.165, 1.54) is 12.8 Å². The van der Waals surface area contributed by atoms with E-state index in [-0.39, 0.29) is 5.91 Å². The van der Waals surface area contributed by atoms with Gasteiger partial charge in [0.05, 0.1) is 6.54 Å². The van der Waals surface area contributed by atoms with Crippen molar-refractivity contribution in [2.24, 2.45) is 16.7 Å². The number of carbonyl (C=O) groups is 1. The smallest absolute Gasteiger partial charge is 0.238 e. The summed E-state index contributed by atoms with van der Waals surface area (Å²) in [5.74, 6) is 0.803. The third-order valence-corrected chi connectivity index (χ3v) is 6.70. The fourth-order valence-corrected chi connectivity index (χ4v) is 4.46. The maximum atomic E-state index is 12.3. The third kappa shape index (κ3) is 2.83. The molecule has 22 heavy (non-hydrogen) atoms. The van der Waals surface area contributed by atoms with Gasteiger partial charge in [-0.25, -0.2) is 0 Å². The summed E-state index contributed by atoms with van der Waals surface area (Å²) in [4.78, 5) is 14.6. The van der Waals surface area contributed by atoms with Crippen molar-refractivity contribution in [1.29, 1.82) is 0 Å². The fraction of sp³-hybridized carbons (Fsp3) is 0.611. The lowest BCUT2D eigenvalue weighted by Crippen LogP contribution is -2.53. The number of rotatable bonds is 3. The van der Waals surface area contributed by atoms with Crippen LogP contribution in [0.25, 0.3) is 0 Å². The van der Waals surface area contributed by atoms with Gasteiger partial charge < -0.3 is 5.32 Å². The van der Waals surface area contributed by atoms with E-state index < -0.39 is 0 Å². The molecular weight excluding hydrogens is 340 g/mol. The predicted octanol–water partition coefficient (Wildman–Crippen LogP) is 4.15. The van der Waals surface area contributed by atoms with Crippen LogP contribution in [-0.4, -0.2) is 30.4 Å². The molecule has 1 saturated heterocycles. The van der Waals surface area contributed by atoms with Gasteiger partial charge in [0, 0.05) is 23.2 Å². The van der Waals surface area contributed by atoms with Crippen LogP contribution in [0.3, 0.4) is 0 Å². The summed E-state index contributed by atoms with van der Waals surface area (Å²) >= 11 is 3.41. The number of amides is 1. The Labute approximate surface area is 141 Å². The standard InChI is InChI=1S/C18H25BrN2O/c1-17(2)13-8-9-18(17,3)12-21(10-13)11-16(22)20-15-6-4-14(19)5-7-15/h4-7,13H,8-12H2,1-3H3,(H,20,22). The minimum atomic E-state index is 0.0880. The first-order valence-electron chi connectivity index (χ1n) is 8.08. The van der Waals surface area contributed by atoms with Gasteiger partial charge in [0.15, 0.2) is 0 Å². The van der Waals surface area contributed by atoms with Gasteiger partial charge in [0.1, 0.15) is 0 Å². The van der Waals surface area contributed by atoms with Crippen molar-refractivity contribution in [3.05, 3.63) is 28.7 Å². The first kappa shape index (κ1) is 16.0. The highest BCUT2D eigenvalue weighted by molar-refractivity contribution is 9.10. The average Bonchev–Trinajstić information content (AvgIpc) is 2.59. The topological polar surface area (TPSA) is 32.3 Å². The number of likely N-dealkylation sites (tertiary alicyclic amines) is 1. The number of nitrogens with one attached hydrogen (secondary N) is 1. The van der Waals surface area contributed by atoms with Gasteiger partial charge in [0.2, 0.25) is 5.91 Å². The lowest BCUT2D eigenvalue weighted by atomic mass is 9.63. The lowest BCUT2D eigenvalue weighted by molar-refractivity contribution is -0.119. The number of anilines is 1. The molecule has 0 aromatic heterocycles. The Morgan fingerprint density at radius 3 is 2.64 bits per heavy atom. The normalized spacial score (nSPS) is 30.3.